The normalized spacial score (nSPS) is 11.8. The SMILES string of the molecule is CCCCCCCCCCOc1ccc(/C(S)=C(/S)c2ccc(OCCCCCCCCCC)c(OCCCCCCCCCC)c2)cc1OCCCCCCCCCC. The second-order valence-corrected chi connectivity index (χ2v) is 18.2. The van der Waals surface area contributed by atoms with Gasteiger partial charge in [0, 0.05) is 9.81 Å². The molecule has 0 aliphatic carbocycles. The Hall–Kier alpha value is -1.92. The van der Waals surface area contributed by atoms with Crippen molar-refractivity contribution in [3.8, 4) is 23.0 Å². The van der Waals surface area contributed by atoms with E-state index < -0.39 is 0 Å². The summed E-state index contributed by atoms with van der Waals surface area (Å²) < 4.78 is 25.7. The number of hydrogen-bond donors (Lipinski definition) is 2. The van der Waals surface area contributed by atoms with Crippen molar-refractivity contribution in [2.75, 3.05) is 26.4 Å². The second kappa shape index (κ2) is 38.7. The molecule has 0 saturated heterocycles. The molecule has 0 spiro atoms. The third-order valence-corrected chi connectivity index (χ3v) is 12.8. The first-order chi connectivity index (χ1) is 29.5. The fourth-order valence-corrected chi connectivity index (χ4v) is 8.26. The summed E-state index contributed by atoms with van der Waals surface area (Å²) in [5.41, 5.74) is 1.93. The van der Waals surface area contributed by atoms with E-state index in [0.29, 0.717) is 26.4 Å². The smallest absolute Gasteiger partial charge is 0.161 e. The molecule has 0 N–H and O–H groups in total. The Morgan fingerprint density at radius 1 is 0.300 bits per heavy atom. The quantitative estimate of drug-likeness (QED) is 0.0396. The molecule has 0 aliphatic rings. The van der Waals surface area contributed by atoms with Gasteiger partial charge >= 0.3 is 0 Å². The molecule has 0 radical (unpaired) electrons. The summed E-state index contributed by atoms with van der Waals surface area (Å²) in [7, 11) is 0. The Labute approximate surface area is 382 Å². The van der Waals surface area contributed by atoms with Crippen LogP contribution in [0.3, 0.4) is 0 Å². The predicted molar refractivity (Wildman–Crippen MR) is 270 cm³/mol. The highest BCUT2D eigenvalue weighted by Crippen LogP contribution is 2.40. The van der Waals surface area contributed by atoms with Crippen molar-refractivity contribution in [3.63, 3.8) is 0 Å². The van der Waals surface area contributed by atoms with Crippen molar-refractivity contribution in [1.29, 1.82) is 0 Å². The first-order valence-corrected chi connectivity index (χ1v) is 26.4. The summed E-state index contributed by atoms with van der Waals surface area (Å²) in [4.78, 5) is 1.60. The minimum absolute atomic E-state index is 0.686. The van der Waals surface area contributed by atoms with Crippen molar-refractivity contribution >= 4 is 35.1 Å². The Balaban J connectivity index is 2.14. The summed E-state index contributed by atoms with van der Waals surface area (Å²) in [5.74, 6) is 3.22. The highest BCUT2D eigenvalue weighted by molar-refractivity contribution is 7.96. The summed E-state index contributed by atoms with van der Waals surface area (Å²) in [6.45, 7) is 11.9. The van der Waals surface area contributed by atoms with Crippen LogP contribution in [0.5, 0.6) is 23.0 Å². The van der Waals surface area contributed by atoms with Gasteiger partial charge in [-0.2, -0.15) is 0 Å². The van der Waals surface area contributed by atoms with Gasteiger partial charge < -0.3 is 18.9 Å². The van der Waals surface area contributed by atoms with E-state index in [0.717, 1.165) is 69.6 Å². The van der Waals surface area contributed by atoms with E-state index in [4.69, 9.17) is 44.2 Å². The number of rotatable bonds is 42. The molecule has 0 aliphatic heterocycles. The van der Waals surface area contributed by atoms with Gasteiger partial charge in [-0.1, -0.05) is 207 Å². The van der Waals surface area contributed by atoms with Crippen LogP contribution < -0.4 is 18.9 Å². The zero-order chi connectivity index (χ0) is 43.1. The van der Waals surface area contributed by atoms with Gasteiger partial charge in [0.1, 0.15) is 0 Å². The van der Waals surface area contributed by atoms with Gasteiger partial charge in [0.05, 0.1) is 26.4 Å². The van der Waals surface area contributed by atoms with E-state index >= 15 is 0 Å². The molecule has 60 heavy (non-hydrogen) atoms. The molecule has 344 valence electrons. The van der Waals surface area contributed by atoms with Crippen molar-refractivity contribution in [2.24, 2.45) is 0 Å². The van der Waals surface area contributed by atoms with Crippen molar-refractivity contribution in [1.82, 2.24) is 0 Å². The molecule has 0 amide bonds. The van der Waals surface area contributed by atoms with E-state index in [1.165, 1.54) is 180 Å². The summed E-state index contributed by atoms with van der Waals surface area (Å²) in [5, 5.41) is 0. The van der Waals surface area contributed by atoms with Gasteiger partial charge in [0.15, 0.2) is 23.0 Å². The maximum Gasteiger partial charge on any atom is 0.161 e. The molecule has 0 bridgehead atoms. The average Bonchev–Trinajstić information content (AvgIpc) is 3.26. The molecule has 2 aromatic carbocycles. The van der Waals surface area contributed by atoms with E-state index in [9.17, 15) is 0 Å². The van der Waals surface area contributed by atoms with Crippen LogP contribution >= 0.6 is 25.3 Å². The Morgan fingerprint density at radius 3 is 0.767 bits per heavy atom. The topological polar surface area (TPSA) is 36.9 Å². The lowest BCUT2D eigenvalue weighted by atomic mass is 10.1. The van der Waals surface area contributed by atoms with Crippen LogP contribution in [0.4, 0.5) is 0 Å². The molecule has 6 heteroatoms. The Kier molecular flexibility index (Phi) is 35.0. The second-order valence-electron chi connectivity index (χ2n) is 17.3. The third-order valence-electron chi connectivity index (χ3n) is 11.7. The molecule has 2 aromatic rings. The summed E-state index contributed by atoms with van der Waals surface area (Å²) in [6.07, 6.45) is 40.9. The average molecular weight is 869 g/mol. The van der Waals surface area contributed by atoms with Crippen LogP contribution in [0.25, 0.3) is 9.81 Å². The molecule has 0 unspecified atom stereocenters. The number of ether oxygens (including phenoxy) is 4. The monoisotopic (exact) mass is 869 g/mol. The predicted octanol–water partition coefficient (Wildman–Crippen LogP) is 18.4. The van der Waals surface area contributed by atoms with Gasteiger partial charge in [-0.15, -0.1) is 25.3 Å². The van der Waals surface area contributed by atoms with E-state index in [-0.39, 0.29) is 0 Å². The zero-order valence-corrected chi connectivity index (χ0v) is 41.2. The van der Waals surface area contributed by atoms with Gasteiger partial charge in [-0.05, 0) is 73.2 Å². The van der Waals surface area contributed by atoms with Crippen LogP contribution in [-0.4, -0.2) is 26.4 Å². The van der Waals surface area contributed by atoms with Crippen LogP contribution in [0.15, 0.2) is 36.4 Å². The molecular formula is C54H92O4S2. The van der Waals surface area contributed by atoms with Crippen molar-refractivity contribution in [3.05, 3.63) is 47.5 Å². The van der Waals surface area contributed by atoms with Gasteiger partial charge in [-0.25, -0.2) is 0 Å². The van der Waals surface area contributed by atoms with E-state index in [2.05, 4.69) is 64.1 Å². The van der Waals surface area contributed by atoms with Crippen LogP contribution in [-0.2, 0) is 0 Å². The highest BCUT2D eigenvalue weighted by Gasteiger charge is 2.15. The lowest BCUT2D eigenvalue weighted by Gasteiger charge is -2.17. The van der Waals surface area contributed by atoms with Crippen molar-refractivity contribution < 1.29 is 18.9 Å². The van der Waals surface area contributed by atoms with Crippen LogP contribution in [0.1, 0.15) is 244 Å². The number of hydrogen-bond acceptors (Lipinski definition) is 6. The van der Waals surface area contributed by atoms with Gasteiger partial charge in [0.25, 0.3) is 0 Å². The lowest BCUT2D eigenvalue weighted by Crippen LogP contribution is -2.04. The fraction of sp³-hybridized carbons (Fsp3) is 0.741. The maximum absolute atomic E-state index is 6.46. The molecular weight excluding hydrogens is 777 g/mol. The Morgan fingerprint density at radius 2 is 0.517 bits per heavy atom. The lowest BCUT2D eigenvalue weighted by molar-refractivity contribution is 0.258. The van der Waals surface area contributed by atoms with E-state index in [1.807, 2.05) is 0 Å². The van der Waals surface area contributed by atoms with Crippen molar-refractivity contribution in [2.45, 2.75) is 233 Å². The first-order valence-electron chi connectivity index (χ1n) is 25.5. The molecule has 0 saturated carbocycles. The highest BCUT2D eigenvalue weighted by atomic mass is 32.1. The minimum Gasteiger partial charge on any atom is -0.490 e. The third kappa shape index (κ3) is 26.5. The summed E-state index contributed by atoms with van der Waals surface area (Å²) >= 11 is 10.1. The molecule has 4 nitrogen and oxygen atoms in total. The molecule has 0 heterocycles. The van der Waals surface area contributed by atoms with E-state index in [1.54, 1.807) is 0 Å². The van der Waals surface area contributed by atoms with Crippen LogP contribution in [0.2, 0.25) is 0 Å². The molecule has 2 rings (SSSR count). The largest absolute Gasteiger partial charge is 0.490 e. The summed E-state index contributed by atoms with van der Waals surface area (Å²) in [6, 6.07) is 12.5. The number of thiol groups is 2. The first kappa shape index (κ1) is 54.2. The minimum atomic E-state index is 0.686. The molecule has 0 fully saturated rings. The fourth-order valence-electron chi connectivity index (χ4n) is 7.72. The standard InChI is InChI=1S/C54H92O4S2/c1-5-9-13-17-21-25-29-33-41-55-49-39-37-47(45-51(49)57-43-35-31-27-23-19-15-11-7-3)53(59)54(60)48-38-40-50(56-42-34-30-26-22-18-14-10-6-2)52(46-48)58-44-36-32-28-24-20-16-12-8-4/h37-40,45-46,59-60H,5-36,41-44H2,1-4H3/b54-53-. The number of benzene rings is 2. The molecule has 0 aromatic heterocycles. The van der Waals surface area contributed by atoms with Gasteiger partial charge in [0.2, 0.25) is 0 Å². The van der Waals surface area contributed by atoms with Gasteiger partial charge in [-0.3, -0.25) is 0 Å². The zero-order valence-electron chi connectivity index (χ0n) is 39.4. The van der Waals surface area contributed by atoms with Crippen LogP contribution in [0, 0.1) is 0 Å². The maximum atomic E-state index is 6.46. The Bertz CT molecular complexity index is 1230. The number of unbranched alkanes of at least 4 members (excludes halogenated alkanes) is 28. The molecule has 0 atom stereocenters.